The van der Waals surface area contributed by atoms with Crippen molar-refractivity contribution in [1.29, 1.82) is 0 Å². The van der Waals surface area contributed by atoms with Gasteiger partial charge in [-0.15, -0.1) is 0 Å². The normalized spacial score (nSPS) is 28.5. The number of carbonyl (C=O) groups excluding carboxylic acids is 3. The molecule has 2 saturated heterocycles. The van der Waals surface area contributed by atoms with E-state index in [0.29, 0.717) is 36.0 Å². The number of likely N-dealkylation sites (tertiary alicyclic amines) is 1. The molecule has 41 heavy (non-hydrogen) atoms. The Morgan fingerprint density at radius 1 is 1.07 bits per heavy atom. The maximum absolute atomic E-state index is 14.2. The van der Waals surface area contributed by atoms with Crippen molar-refractivity contribution in [3.8, 4) is 5.75 Å². The van der Waals surface area contributed by atoms with E-state index < -0.39 is 29.6 Å². The highest BCUT2D eigenvalue weighted by Crippen LogP contribution is 2.55. The Balaban J connectivity index is 1.27. The third kappa shape index (κ3) is 5.12. The Kier molecular flexibility index (Phi) is 7.79. The summed E-state index contributed by atoms with van der Waals surface area (Å²) in [5.41, 5.74) is 0.308. The minimum atomic E-state index is -1.19. The Morgan fingerprint density at radius 3 is 2.56 bits per heavy atom. The molecular weight excluding hydrogens is 542 g/mol. The number of nitrogens with zero attached hydrogens (tertiary/aromatic N) is 1. The van der Waals surface area contributed by atoms with Crippen LogP contribution in [0.25, 0.3) is 0 Å². The quantitative estimate of drug-likeness (QED) is 0.427. The van der Waals surface area contributed by atoms with Gasteiger partial charge in [0.1, 0.15) is 17.4 Å². The van der Waals surface area contributed by atoms with Crippen molar-refractivity contribution in [2.75, 3.05) is 18.5 Å². The number of benzene rings is 2. The van der Waals surface area contributed by atoms with Crippen molar-refractivity contribution < 1.29 is 23.9 Å². The van der Waals surface area contributed by atoms with Gasteiger partial charge in [0.05, 0.1) is 24.5 Å². The second kappa shape index (κ2) is 11.5. The Hall–Kier alpha value is -3.36. The van der Waals surface area contributed by atoms with Crippen LogP contribution in [0.3, 0.4) is 0 Å². The van der Waals surface area contributed by atoms with Crippen molar-refractivity contribution in [3.63, 3.8) is 0 Å². The first-order valence-electron chi connectivity index (χ1n) is 14.7. The molecule has 0 aromatic heterocycles. The molecule has 2 aromatic rings. The van der Waals surface area contributed by atoms with Gasteiger partial charge in [0.2, 0.25) is 17.7 Å². The zero-order valence-electron chi connectivity index (χ0n) is 23.2. The zero-order valence-corrected chi connectivity index (χ0v) is 23.9. The lowest BCUT2D eigenvalue weighted by atomic mass is 9.74. The fraction of sp³-hybridized carbons (Fsp3) is 0.469. The molecule has 3 heterocycles. The first-order valence-corrected chi connectivity index (χ1v) is 15.0. The third-order valence-corrected chi connectivity index (χ3v) is 9.26. The van der Waals surface area contributed by atoms with E-state index >= 15 is 0 Å². The number of hydrogen-bond donors (Lipinski definition) is 2. The average Bonchev–Trinajstić information content (AvgIpc) is 3.61. The summed E-state index contributed by atoms with van der Waals surface area (Å²) in [6, 6.07) is 13.9. The zero-order chi connectivity index (χ0) is 28.6. The number of amides is 3. The number of hydrogen-bond acceptors (Lipinski definition) is 5. The van der Waals surface area contributed by atoms with Gasteiger partial charge in [-0.25, -0.2) is 0 Å². The van der Waals surface area contributed by atoms with Crippen LogP contribution in [0, 0.1) is 11.8 Å². The summed E-state index contributed by atoms with van der Waals surface area (Å²) in [5, 5.41) is 6.80. The van der Waals surface area contributed by atoms with Gasteiger partial charge in [0, 0.05) is 23.3 Å². The summed E-state index contributed by atoms with van der Waals surface area (Å²) >= 11 is 6.42. The number of fused-ring (bicyclic) bond motifs is 1. The molecule has 3 aliphatic heterocycles. The minimum absolute atomic E-state index is 0.0774. The Bertz CT molecular complexity index is 1340. The predicted octanol–water partition coefficient (Wildman–Crippen LogP) is 4.52. The fourth-order valence-corrected chi connectivity index (χ4v) is 7.23. The summed E-state index contributed by atoms with van der Waals surface area (Å²) in [6.07, 6.45) is 8.76. The van der Waals surface area contributed by atoms with Crippen molar-refractivity contribution in [1.82, 2.24) is 10.2 Å². The van der Waals surface area contributed by atoms with E-state index in [1.165, 1.54) is 6.42 Å². The van der Waals surface area contributed by atoms with Crippen molar-refractivity contribution in [2.45, 2.75) is 69.2 Å². The van der Waals surface area contributed by atoms with E-state index in [2.05, 4.69) is 10.6 Å². The van der Waals surface area contributed by atoms with E-state index in [0.717, 1.165) is 31.2 Å². The van der Waals surface area contributed by atoms with Gasteiger partial charge in [-0.2, -0.15) is 0 Å². The van der Waals surface area contributed by atoms with E-state index in [9.17, 15) is 14.4 Å². The molecule has 2 bridgehead atoms. The second-order valence-corrected chi connectivity index (χ2v) is 11.8. The van der Waals surface area contributed by atoms with E-state index in [1.807, 2.05) is 43.3 Å². The molecule has 0 unspecified atom stereocenters. The molecule has 2 aromatic carbocycles. The van der Waals surface area contributed by atoms with Crippen molar-refractivity contribution in [3.05, 3.63) is 71.3 Å². The lowest BCUT2D eigenvalue weighted by Gasteiger charge is -2.34. The molecule has 3 fully saturated rings. The maximum atomic E-state index is 14.2. The lowest BCUT2D eigenvalue weighted by molar-refractivity contribution is -0.141. The van der Waals surface area contributed by atoms with Crippen molar-refractivity contribution >= 4 is 35.0 Å². The standard InChI is InChI=1S/C32H36ClN3O5/c1-2-40-23-14-12-22(13-15-23)34-29(37)26-25-16-18-32(41-25)27(26)31(39)36(19-17-20-8-6-7-11-24(20)33)28(32)30(38)35-21-9-4-3-5-10-21/h6-8,11-16,18,21,25-28H,2-5,9-10,17,19H2,1H3,(H,34,37)(H,35,38)/t25-,26-,27-,28-,32-/m1/s1. The molecule has 2 N–H and O–H groups in total. The van der Waals surface area contributed by atoms with Crippen LogP contribution >= 0.6 is 11.6 Å². The number of carbonyl (C=O) groups is 3. The number of nitrogens with one attached hydrogen (secondary N) is 2. The molecule has 6 rings (SSSR count). The Morgan fingerprint density at radius 2 is 1.83 bits per heavy atom. The average molecular weight is 578 g/mol. The highest BCUT2D eigenvalue weighted by atomic mass is 35.5. The van der Waals surface area contributed by atoms with Crippen LogP contribution in [0.15, 0.2) is 60.7 Å². The smallest absolute Gasteiger partial charge is 0.246 e. The fourth-order valence-electron chi connectivity index (χ4n) is 7.00. The SMILES string of the molecule is CCOc1ccc(NC(=O)[C@@H]2[C@H]3C=C[C@@]4(O3)[C@H]2C(=O)N(CCc2ccccc2Cl)[C@@H]4C(=O)NC2CCCCC2)cc1. The van der Waals surface area contributed by atoms with Crippen LogP contribution in [0.1, 0.15) is 44.6 Å². The Labute approximate surface area is 245 Å². The minimum Gasteiger partial charge on any atom is -0.494 e. The lowest BCUT2D eigenvalue weighted by Crippen LogP contribution is -2.56. The van der Waals surface area contributed by atoms with E-state index in [-0.39, 0.29) is 23.8 Å². The molecule has 216 valence electrons. The van der Waals surface area contributed by atoms with E-state index in [1.54, 1.807) is 29.2 Å². The molecule has 4 aliphatic rings. The number of halogens is 1. The monoisotopic (exact) mass is 577 g/mol. The summed E-state index contributed by atoms with van der Waals surface area (Å²) in [7, 11) is 0. The van der Waals surface area contributed by atoms with Gasteiger partial charge in [0.15, 0.2) is 0 Å². The highest BCUT2D eigenvalue weighted by molar-refractivity contribution is 6.31. The van der Waals surface area contributed by atoms with Crippen LogP contribution in [0.5, 0.6) is 5.75 Å². The van der Waals surface area contributed by atoms with Gasteiger partial charge in [-0.3, -0.25) is 14.4 Å². The number of anilines is 1. The van der Waals surface area contributed by atoms with Gasteiger partial charge in [-0.05, 0) is 62.1 Å². The van der Waals surface area contributed by atoms with Crippen LogP contribution < -0.4 is 15.4 Å². The van der Waals surface area contributed by atoms with Gasteiger partial charge in [0.25, 0.3) is 0 Å². The molecule has 1 aliphatic carbocycles. The first-order chi connectivity index (χ1) is 19.9. The molecule has 1 spiro atoms. The number of ether oxygens (including phenoxy) is 2. The molecule has 3 amide bonds. The van der Waals surface area contributed by atoms with E-state index in [4.69, 9.17) is 21.1 Å². The van der Waals surface area contributed by atoms with Gasteiger partial charge >= 0.3 is 0 Å². The maximum Gasteiger partial charge on any atom is 0.246 e. The third-order valence-electron chi connectivity index (χ3n) is 8.89. The molecule has 0 radical (unpaired) electrons. The van der Waals surface area contributed by atoms with Crippen LogP contribution in [0.4, 0.5) is 5.69 Å². The molecule has 1 saturated carbocycles. The summed E-state index contributed by atoms with van der Waals surface area (Å²) in [6.45, 7) is 2.75. The van der Waals surface area contributed by atoms with Crippen LogP contribution in [-0.4, -0.2) is 59.6 Å². The summed E-state index contributed by atoms with van der Waals surface area (Å²) < 4.78 is 12.0. The second-order valence-electron chi connectivity index (χ2n) is 11.4. The molecular formula is C32H36ClN3O5. The largest absolute Gasteiger partial charge is 0.494 e. The van der Waals surface area contributed by atoms with Crippen molar-refractivity contribution in [2.24, 2.45) is 11.8 Å². The van der Waals surface area contributed by atoms with Gasteiger partial charge in [-0.1, -0.05) is 61.2 Å². The first kappa shape index (κ1) is 27.8. The molecule has 9 heteroatoms. The predicted molar refractivity (Wildman–Crippen MR) is 156 cm³/mol. The number of rotatable bonds is 9. The topological polar surface area (TPSA) is 97.0 Å². The molecule has 5 atom stereocenters. The molecule has 8 nitrogen and oxygen atoms in total. The van der Waals surface area contributed by atoms with Gasteiger partial charge < -0.3 is 25.0 Å². The van der Waals surface area contributed by atoms with Crippen LogP contribution in [0.2, 0.25) is 5.02 Å². The summed E-state index contributed by atoms with van der Waals surface area (Å²) in [5.74, 6) is -1.60. The summed E-state index contributed by atoms with van der Waals surface area (Å²) in [4.78, 5) is 43.4. The highest BCUT2D eigenvalue weighted by Gasteiger charge is 2.72. The van der Waals surface area contributed by atoms with Crippen LogP contribution in [-0.2, 0) is 25.5 Å².